The second kappa shape index (κ2) is 5.56. The van der Waals surface area contributed by atoms with E-state index in [0.717, 1.165) is 17.8 Å². The van der Waals surface area contributed by atoms with Crippen LogP contribution in [0.25, 0.3) is 0 Å². The first-order valence-corrected chi connectivity index (χ1v) is 5.27. The summed E-state index contributed by atoms with van der Waals surface area (Å²) < 4.78 is 0. The number of anilines is 2. The van der Waals surface area contributed by atoms with E-state index in [1.54, 1.807) is 6.20 Å². The van der Waals surface area contributed by atoms with E-state index in [1.807, 2.05) is 13.0 Å². The Labute approximate surface area is 90.5 Å². The van der Waals surface area contributed by atoms with Gasteiger partial charge in [-0.25, -0.2) is 4.98 Å². The highest BCUT2D eigenvalue weighted by Gasteiger charge is 2.09. The quantitative estimate of drug-likeness (QED) is 0.688. The van der Waals surface area contributed by atoms with Crippen LogP contribution in [0.15, 0.2) is 12.3 Å². The summed E-state index contributed by atoms with van der Waals surface area (Å²) in [5.41, 5.74) is 7.60. The second-order valence-electron chi connectivity index (χ2n) is 3.65. The molecule has 0 aliphatic heterocycles. The van der Waals surface area contributed by atoms with E-state index >= 15 is 0 Å². The Hall–Kier alpha value is -1.29. The Kier molecular flexibility index (Phi) is 4.37. The summed E-state index contributed by atoms with van der Waals surface area (Å²) in [7, 11) is 0. The number of hydrogen-bond acceptors (Lipinski definition) is 4. The van der Waals surface area contributed by atoms with Gasteiger partial charge in [0.1, 0.15) is 5.82 Å². The normalized spacial score (nSPS) is 12.5. The number of aliphatic hydroxyl groups is 1. The average Bonchev–Trinajstić information content (AvgIpc) is 2.24. The van der Waals surface area contributed by atoms with Crippen molar-refractivity contribution in [3.63, 3.8) is 0 Å². The molecule has 1 heterocycles. The van der Waals surface area contributed by atoms with Crippen molar-refractivity contribution >= 4 is 11.5 Å². The van der Waals surface area contributed by atoms with Gasteiger partial charge in [-0.3, -0.25) is 0 Å². The maximum absolute atomic E-state index is 8.88. The Morgan fingerprint density at radius 2 is 2.33 bits per heavy atom. The molecule has 1 atom stereocenters. The molecular formula is C11H19N3O. The molecule has 0 saturated heterocycles. The minimum atomic E-state index is 0.178. The first-order chi connectivity index (χ1) is 7.19. The van der Waals surface area contributed by atoms with E-state index in [0.29, 0.717) is 12.1 Å². The molecule has 0 radical (unpaired) electrons. The topological polar surface area (TPSA) is 71.2 Å². The van der Waals surface area contributed by atoms with Crippen molar-refractivity contribution in [2.75, 3.05) is 17.7 Å². The summed E-state index contributed by atoms with van der Waals surface area (Å²) in [6.07, 6.45) is 3.39. The molecule has 1 aromatic heterocycles. The monoisotopic (exact) mass is 209 g/mol. The Morgan fingerprint density at radius 1 is 1.60 bits per heavy atom. The molecule has 0 aromatic carbocycles. The average molecular weight is 209 g/mol. The van der Waals surface area contributed by atoms with Crippen molar-refractivity contribution in [2.24, 2.45) is 0 Å². The number of aryl methyl sites for hydroxylation is 1. The van der Waals surface area contributed by atoms with Crippen molar-refractivity contribution < 1.29 is 5.11 Å². The van der Waals surface area contributed by atoms with Gasteiger partial charge in [0.2, 0.25) is 0 Å². The Morgan fingerprint density at radius 3 is 2.93 bits per heavy atom. The van der Waals surface area contributed by atoms with Crippen LogP contribution in [0.3, 0.4) is 0 Å². The fourth-order valence-corrected chi connectivity index (χ4v) is 1.41. The predicted octanol–water partition coefficient (Wildman–Crippen LogP) is 1.55. The molecule has 15 heavy (non-hydrogen) atoms. The third-order valence-electron chi connectivity index (χ3n) is 2.52. The lowest BCUT2D eigenvalue weighted by Gasteiger charge is -2.18. The van der Waals surface area contributed by atoms with Crippen LogP contribution in [0.2, 0.25) is 0 Å². The van der Waals surface area contributed by atoms with Crippen molar-refractivity contribution in [3.8, 4) is 0 Å². The largest absolute Gasteiger partial charge is 0.396 e. The van der Waals surface area contributed by atoms with E-state index < -0.39 is 0 Å². The lowest BCUT2D eigenvalue weighted by molar-refractivity contribution is 0.278. The predicted molar refractivity (Wildman–Crippen MR) is 62.8 cm³/mol. The molecule has 1 rings (SSSR count). The number of aliphatic hydroxyl groups excluding tert-OH is 1. The van der Waals surface area contributed by atoms with Crippen LogP contribution < -0.4 is 11.1 Å². The number of rotatable bonds is 5. The SMILES string of the molecule is CCC(CCO)Nc1nccc(C)c1N. The molecule has 0 amide bonds. The molecule has 0 fully saturated rings. The highest BCUT2D eigenvalue weighted by atomic mass is 16.3. The zero-order valence-electron chi connectivity index (χ0n) is 9.33. The molecule has 1 aromatic rings. The Bertz CT molecular complexity index is 315. The zero-order valence-corrected chi connectivity index (χ0v) is 9.33. The summed E-state index contributed by atoms with van der Waals surface area (Å²) in [6.45, 7) is 4.20. The van der Waals surface area contributed by atoms with Gasteiger partial charge in [-0.15, -0.1) is 0 Å². The summed E-state index contributed by atoms with van der Waals surface area (Å²) in [5, 5.41) is 12.1. The van der Waals surface area contributed by atoms with Crippen LogP contribution in [0.1, 0.15) is 25.3 Å². The third-order valence-corrected chi connectivity index (χ3v) is 2.52. The number of nitrogens with one attached hydrogen (secondary N) is 1. The molecule has 0 aliphatic rings. The van der Waals surface area contributed by atoms with Gasteiger partial charge in [0.05, 0.1) is 5.69 Å². The van der Waals surface area contributed by atoms with Gasteiger partial charge >= 0.3 is 0 Å². The lowest BCUT2D eigenvalue weighted by atomic mass is 10.1. The van der Waals surface area contributed by atoms with Crippen LogP contribution in [0, 0.1) is 6.92 Å². The standard InChI is InChI=1S/C11H19N3O/c1-3-9(5-7-15)14-11-10(12)8(2)4-6-13-11/h4,6,9,15H,3,5,7,12H2,1-2H3,(H,13,14). The van der Waals surface area contributed by atoms with E-state index in [1.165, 1.54) is 0 Å². The number of nitrogens with zero attached hydrogens (tertiary/aromatic N) is 1. The highest BCUT2D eigenvalue weighted by Crippen LogP contribution is 2.20. The van der Waals surface area contributed by atoms with Crippen molar-refractivity contribution in [1.29, 1.82) is 0 Å². The number of pyridine rings is 1. The van der Waals surface area contributed by atoms with Crippen LogP contribution in [0.4, 0.5) is 11.5 Å². The first kappa shape index (κ1) is 11.8. The van der Waals surface area contributed by atoms with Gasteiger partial charge < -0.3 is 16.2 Å². The van der Waals surface area contributed by atoms with Crippen molar-refractivity contribution in [3.05, 3.63) is 17.8 Å². The maximum atomic E-state index is 8.88. The minimum Gasteiger partial charge on any atom is -0.396 e. The molecule has 0 bridgehead atoms. The molecule has 4 N–H and O–H groups in total. The first-order valence-electron chi connectivity index (χ1n) is 5.27. The molecule has 1 unspecified atom stereocenters. The van der Waals surface area contributed by atoms with E-state index in [-0.39, 0.29) is 12.6 Å². The maximum Gasteiger partial charge on any atom is 0.149 e. The van der Waals surface area contributed by atoms with E-state index in [4.69, 9.17) is 10.8 Å². The van der Waals surface area contributed by atoms with E-state index in [2.05, 4.69) is 17.2 Å². The summed E-state index contributed by atoms with van der Waals surface area (Å²) in [6, 6.07) is 2.11. The van der Waals surface area contributed by atoms with Crippen LogP contribution in [-0.2, 0) is 0 Å². The van der Waals surface area contributed by atoms with Crippen molar-refractivity contribution in [2.45, 2.75) is 32.7 Å². The van der Waals surface area contributed by atoms with Gasteiger partial charge in [-0.2, -0.15) is 0 Å². The van der Waals surface area contributed by atoms with Gasteiger partial charge in [-0.1, -0.05) is 6.92 Å². The van der Waals surface area contributed by atoms with Crippen LogP contribution in [-0.4, -0.2) is 22.7 Å². The second-order valence-corrected chi connectivity index (χ2v) is 3.65. The van der Waals surface area contributed by atoms with Gasteiger partial charge in [0.15, 0.2) is 0 Å². The zero-order chi connectivity index (χ0) is 11.3. The minimum absolute atomic E-state index is 0.178. The molecule has 0 aliphatic carbocycles. The smallest absolute Gasteiger partial charge is 0.149 e. The third kappa shape index (κ3) is 3.09. The Balaban J connectivity index is 2.74. The number of nitrogens with two attached hydrogens (primary N) is 1. The molecular weight excluding hydrogens is 190 g/mol. The number of aromatic nitrogens is 1. The van der Waals surface area contributed by atoms with Gasteiger partial charge in [-0.05, 0) is 31.4 Å². The highest BCUT2D eigenvalue weighted by molar-refractivity contribution is 5.65. The lowest BCUT2D eigenvalue weighted by Crippen LogP contribution is -2.21. The van der Waals surface area contributed by atoms with Gasteiger partial charge in [0, 0.05) is 18.8 Å². The molecule has 4 heteroatoms. The van der Waals surface area contributed by atoms with Crippen molar-refractivity contribution in [1.82, 2.24) is 4.98 Å². The summed E-state index contributed by atoms with van der Waals surface area (Å²) in [4.78, 5) is 4.19. The molecule has 4 nitrogen and oxygen atoms in total. The molecule has 84 valence electrons. The fraction of sp³-hybridized carbons (Fsp3) is 0.545. The number of nitrogen functional groups attached to an aromatic ring is 1. The van der Waals surface area contributed by atoms with Gasteiger partial charge in [0.25, 0.3) is 0 Å². The number of hydrogen-bond donors (Lipinski definition) is 3. The summed E-state index contributed by atoms with van der Waals surface area (Å²) >= 11 is 0. The molecule has 0 saturated carbocycles. The molecule has 0 spiro atoms. The fourth-order valence-electron chi connectivity index (χ4n) is 1.41. The van der Waals surface area contributed by atoms with Crippen LogP contribution in [0.5, 0.6) is 0 Å². The van der Waals surface area contributed by atoms with Crippen LogP contribution >= 0.6 is 0 Å². The van der Waals surface area contributed by atoms with E-state index in [9.17, 15) is 0 Å². The summed E-state index contributed by atoms with van der Waals surface area (Å²) in [5.74, 6) is 0.718.